The standard InChI is InChI=1S/C28H41NO6/c1-17(26(31)33-5)25(19-6-7-19)20-8-9-22-23(30)16-21(34-24(22)15-20)14-18-10-12-29(13-11-18)27(32)35-28(2,3)4/h8-9,15,17-19,21,23,25,30H,6-7,10-14,16H2,1-5H3/t17-,21?,23?,25-/m0/s1. The second kappa shape index (κ2) is 10.4. The highest BCUT2D eigenvalue weighted by molar-refractivity contribution is 5.73. The number of esters is 1. The largest absolute Gasteiger partial charge is 0.490 e. The van der Waals surface area contributed by atoms with E-state index < -0.39 is 11.7 Å². The van der Waals surface area contributed by atoms with Gasteiger partial charge in [-0.15, -0.1) is 0 Å². The van der Waals surface area contributed by atoms with Gasteiger partial charge in [-0.2, -0.15) is 0 Å². The number of ether oxygens (including phenoxy) is 3. The summed E-state index contributed by atoms with van der Waals surface area (Å²) in [5, 5.41) is 10.8. The predicted octanol–water partition coefficient (Wildman–Crippen LogP) is 5.21. The second-order valence-corrected chi connectivity index (χ2v) is 11.6. The van der Waals surface area contributed by atoms with E-state index in [0.29, 0.717) is 31.3 Å². The summed E-state index contributed by atoms with van der Waals surface area (Å²) in [7, 11) is 1.44. The number of aliphatic hydroxyl groups is 1. The number of likely N-dealkylation sites (tertiary alicyclic amines) is 1. The Morgan fingerprint density at radius 2 is 1.86 bits per heavy atom. The molecule has 4 rings (SSSR count). The van der Waals surface area contributed by atoms with Crippen LogP contribution in [0.5, 0.6) is 5.75 Å². The van der Waals surface area contributed by atoms with Gasteiger partial charge in [0.25, 0.3) is 0 Å². The van der Waals surface area contributed by atoms with Gasteiger partial charge < -0.3 is 24.2 Å². The summed E-state index contributed by atoms with van der Waals surface area (Å²) in [5.41, 5.74) is 1.42. The Balaban J connectivity index is 1.39. The fourth-order valence-electron chi connectivity index (χ4n) is 5.69. The van der Waals surface area contributed by atoms with Crippen molar-refractivity contribution in [2.24, 2.45) is 17.8 Å². The fourth-order valence-corrected chi connectivity index (χ4v) is 5.69. The molecule has 2 fully saturated rings. The zero-order valence-corrected chi connectivity index (χ0v) is 21.8. The van der Waals surface area contributed by atoms with Crippen molar-refractivity contribution in [2.75, 3.05) is 20.2 Å². The number of fused-ring (bicyclic) bond motifs is 1. The van der Waals surface area contributed by atoms with Crippen molar-refractivity contribution in [2.45, 2.75) is 89.9 Å². The third-order valence-electron chi connectivity index (χ3n) is 7.67. The molecule has 0 aromatic heterocycles. The van der Waals surface area contributed by atoms with Crippen LogP contribution in [-0.4, -0.2) is 54.0 Å². The van der Waals surface area contributed by atoms with Gasteiger partial charge in [0.05, 0.1) is 19.1 Å². The van der Waals surface area contributed by atoms with Gasteiger partial charge in [-0.3, -0.25) is 4.79 Å². The minimum Gasteiger partial charge on any atom is -0.490 e. The van der Waals surface area contributed by atoms with Crippen LogP contribution in [0.1, 0.15) is 89.4 Å². The summed E-state index contributed by atoms with van der Waals surface area (Å²) in [6.07, 6.45) is 4.62. The molecule has 0 bridgehead atoms. The molecular formula is C28H41NO6. The van der Waals surface area contributed by atoms with Gasteiger partial charge in [0.15, 0.2) is 0 Å². The molecule has 2 heterocycles. The lowest BCUT2D eigenvalue weighted by Gasteiger charge is -2.36. The summed E-state index contributed by atoms with van der Waals surface area (Å²) in [6, 6.07) is 6.04. The second-order valence-electron chi connectivity index (χ2n) is 11.6. The van der Waals surface area contributed by atoms with E-state index in [1.165, 1.54) is 7.11 Å². The number of carbonyl (C=O) groups is 2. The van der Waals surface area contributed by atoms with Crippen molar-refractivity contribution >= 4 is 12.1 Å². The molecule has 1 saturated carbocycles. The molecular weight excluding hydrogens is 446 g/mol. The number of nitrogens with zero attached hydrogens (tertiary/aromatic N) is 1. The number of aliphatic hydroxyl groups excluding tert-OH is 1. The van der Waals surface area contributed by atoms with E-state index >= 15 is 0 Å². The first-order valence-corrected chi connectivity index (χ1v) is 13.1. The third kappa shape index (κ3) is 6.29. The Morgan fingerprint density at radius 1 is 1.17 bits per heavy atom. The van der Waals surface area contributed by atoms with E-state index in [0.717, 1.165) is 49.0 Å². The molecule has 1 amide bonds. The van der Waals surface area contributed by atoms with Crippen LogP contribution in [0.4, 0.5) is 4.79 Å². The minimum absolute atomic E-state index is 0.0665. The Kier molecular flexibility index (Phi) is 7.65. The number of hydrogen-bond acceptors (Lipinski definition) is 6. The maximum atomic E-state index is 12.4. The number of rotatable bonds is 6. The van der Waals surface area contributed by atoms with Crippen LogP contribution in [0, 0.1) is 17.8 Å². The summed E-state index contributed by atoms with van der Waals surface area (Å²) in [5.74, 6) is 1.36. The monoisotopic (exact) mass is 487 g/mol. The molecule has 3 aliphatic rings. The lowest BCUT2D eigenvalue weighted by molar-refractivity contribution is -0.145. The van der Waals surface area contributed by atoms with E-state index in [-0.39, 0.29) is 30.0 Å². The first-order chi connectivity index (χ1) is 16.6. The Bertz CT molecular complexity index is 913. The van der Waals surface area contributed by atoms with Crippen LogP contribution in [0.3, 0.4) is 0 Å². The van der Waals surface area contributed by atoms with Gasteiger partial charge in [0, 0.05) is 25.1 Å². The number of hydrogen-bond donors (Lipinski definition) is 1. The highest BCUT2D eigenvalue weighted by atomic mass is 16.6. The van der Waals surface area contributed by atoms with E-state index in [1.54, 1.807) is 4.90 Å². The molecule has 1 N–H and O–H groups in total. The third-order valence-corrected chi connectivity index (χ3v) is 7.67. The smallest absolute Gasteiger partial charge is 0.410 e. The Morgan fingerprint density at radius 3 is 2.46 bits per heavy atom. The average molecular weight is 488 g/mol. The molecule has 4 atom stereocenters. The van der Waals surface area contributed by atoms with Crippen molar-refractivity contribution in [1.29, 1.82) is 0 Å². The molecule has 1 aromatic rings. The summed E-state index contributed by atoms with van der Waals surface area (Å²) in [4.78, 5) is 26.4. The lowest BCUT2D eigenvalue weighted by atomic mass is 9.82. The van der Waals surface area contributed by atoms with Gasteiger partial charge in [0.1, 0.15) is 17.5 Å². The molecule has 1 aliphatic carbocycles. The zero-order chi connectivity index (χ0) is 25.3. The van der Waals surface area contributed by atoms with Crippen LogP contribution in [-0.2, 0) is 14.3 Å². The van der Waals surface area contributed by atoms with Gasteiger partial charge >= 0.3 is 12.1 Å². The zero-order valence-electron chi connectivity index (χ0n) is 21.8. The first-order valence-electron chi connectivity index (χ1n) is 13.1. The SMILES string of the molecule is COC(=O)[C@@H](C)[C@H](c1ccc2c(c1)OC(CC1CCN(C(=O)OC(C)(C)C)CC1)CC2O)C1CC1. The molecule has 194 valence electrons. The molecule has 7 heteroatoms. The number of piperidine rings is 1. The first kappa shape index (κ1) is 25.8. The van der Waals surface area contributed by atoms with E-state index in [4.69, 9.17) is 14.2 Å². The molecule has 2 aliphatic heterocycles. The van der Waals surface area contributed by atoms with Crippen molar-refractivity contribution in [1.82, 2.24) is 4.90 Å². The van der Waals surface area contributed by atoms with E-state index in [1.807, 2.05) is 45.9 Å². The predicted molar refractivity (Wildman–Crippen MR) is 132 cm³/mol. The van der Waals surface area contributed by atoms with Crippen LogP contribution < -0.4 is 4.74 Å². The maximum absolute atomic E-state index is 12.4. The van der Waals surface area contributed by atoms with Crippen LogP contribution >= 0.6 is 0 Å². The summed E-state index contributed by atoms with van der Waals surface area (Å²) < 4.78 is 17.0. The van der Waals surface area contributed by atoms with Gasteiger partial charge in [0.2, 0.25) is 0 Å². The quantitative estimate of drug-likeness (QED) is 0.555. The molecule has 1 aromatic carbocycles. The van der Waals surface area contributed by atoms with Crippen molar-refractivity contribution < 1.29 is 28.9 Å². The van der Waals surface area contributed by atoms with E-state index in [9.17, 15) is 14.7 Å². The number of methoxy groups -OCH3 is 1. The minimum atomic E-state index is -0.558. The number of carbonyl (C=O) groups excluding carboxylic acids is 2. The van der Waals surface area contributed by atoms with Gasteiger partial charge in [-0.05, 0) is 82.3 Å². The highest BCUT2D eigenvalue weighted by Gasteiger charge is 2.40. The Labute approximate surface area is 209 Å². The van der Waals surface area contributed by atoms with Gasteiger partial charge in [-0.1, -0.05) is 19.1 Å². The number of benzene rings is 1. The van der Waals surface area contributed by atoms with Crippen molar-refractivity contribution in [3.63, 3.8) is 0 Å². The molecule has 0 spiro atoms. The maximum Gasteiger partial charge on any atom is 0.410 e. The molecule has 7 nitrogen and oxygen atoms in total. The molecule has 2 unspecified atom stereocenters. The summed E-state index contributed by atoms with van der Waals surface area (Å²) in [6.45, 7) is 8.96. The van der Waals surface area contributed by atoms with Crippen LogP contribution in [0.25, 0.3) is 0 Å². The normalized spacial score (nSPS) is 24.7. The summed E-state index contributed by atoms with van der Waals surface area (Å²) >= 11 is 0. The average Bonchev–Trinajstić information content (AvgIpc) is 3.63. The molecule has 1 saturated heterocycles. The van der Waals surface area contributed by atoms with Crippen LogP contribution in [0.15, 0.2) is 18.2 Å². The Hall–Kier alpha value is -2.28. The lowest BCUT2D eigenvalue weighted by Crippen LogP contribution is -2.42. The van der Waals surface area contributed by atoms with Crippen LogP contribution in [0.2, 0.25) is 0 Å². The number of amides is 1. The van der Waals surface area contributed by atoms with Crippen molar-refractivity contribution in [3.05, 3.63) is 29.3 Å². The molecule has 0 radical (unpaired) electrons. The highest BCUT2D eigenvalue weighted by Crippen LogP contribution is 2.49. The van der Waals surface area contributed by atoms with Crippen molar-refractivity contribution in [3.8, 4) is 5.75 Å². The fraction of sp³-hybridized carbons (Fsp3) is 0.714. The van der Waals surface area contributed by atoms with E-state index in [2.05, 4.69) is 0 Å². The molecule has 35 heavy (non-hydrogen) atoms. The topological polar surface area (TPSA) is 85.3 Å². The van der Waals surface area contributed by atoms with Gasteiger partial charge in [-0.25, -0.2) is 4.79 Å².